The third kappa shape index (κ3) is 2.45. The standard InChI is InChI=1S/C14H18ClN3/c1-10-8-18(9-11(2)17(10)3)14-5-4-12(7-16)6-13(14)15/h4-6,10-11H,8-9H2,1-3H3. The number of hydrogen-bond donors (Lipinski definition) is 0. The molecule has 0 aliphatic carbocycles. The second-order valence-electron chi connectivity index (χ2n) is 5.05. The Balaban J connectivity index is 2.25. The number of hydrogen-bond acceptors (Lipinski definition) is 3. The van der Waals surface area contributed by atoms with Crippen LogP contribution in [0.4, 0.5) is 5.69 Å². The van der Waals surface area contributed by atoms with Gasteiger partial charge in [-0.3, -0.25) is 4.90 Å². The molecule has 1 aromatic carbocycles. The third-order valence-electron chi connectivity index (χ3n) is 3.78. The Kier molecular flexibility index (Phi) is 3.79. The van der Waals surface area contributed by atoms with E-state index in [4.69, 9.17) is 16.9 Å². The molecule has 0 N–H and O–H groups in total. The second kappa shape index (κ2) is 5.17. The van der Waals surface area contributed by atoms with E-state index in [0.717, 1.165) is 18.8 Å². The van der Waals surface area contributed by atoms with Crippen LogP contribution in [0.2, 0.25) is 5.02 Å². The predicted octanol–water partition coefficient (Wildman–Crippen LogP) is 2.74. The highest BCUT2D eigenvalue weighted by Crippen LogP contribution is 2.29. The van der Waals surface area contributed by atoms with E-state index in [9.17, 15) is 0 Å². The lowest BCUT2D eigenvalue weighted by Gasteiger charge is -2.43. The molecule has 0 radical (unpaired) electrons. The minimum atomic E-state index is 0.500. The molecule has 1 saturated heterocycles. The van der Waals surface area contributed by atoms with Crippen LogP contribution in [-0.2, 0) is 0 Å². The molecule has 1 aliphatic rings. The Morgan fingerprint density at radius 2 is 1.89 bits per heavy atom. The van der Waals surface area contributed by atoms with Gasteiger partial charge in [0.15, 0.2) is 0 Å². The van der Waals surface area contributed by atoms with Crippen molar-refractivity contribution >= 4 is 17.3 Å². The number of anilines is 1. The highest BCUT2D eigenvalue weighted by atomic mass is 35.5. The van der Waals surface area contributed by atoms with E-state index < -0.39 is 0 Å². The van der Waals surface area contributed by atoms with E-state index in [2.05, 4.69) is 36.8 Å². The lowest BCUT2D eigenvalue weighted by molar-refractivity contribution is 0.170. The summed E-state index contributed by atoms with van der Waals surface area (Å²) in [6.45, 7) is 6.37. The first kappa shape index (κ1) is 13.2. The summed E-state index contributed by atoms with van der Waals surface area (Å²) in [5, 5.41) is 9.52. The van der Waals surface area contributed by atoms with Crippen molar-refractivity contribution in [2.75, 3.05) is 25.0 Å². The fraction of sp³-hybridized carbons (Fsp3) is 0.500. The minimum absolute atomic E-state index is 0.500. The highest BCUT2D eigenvalue weighted by Gasteiger charge is 2.27. The molecule has 1 aromatic rings. The zero-order valence-electron chi connectivity index (χ0n) is 11.0. The van der Waals surface area contributed by atoms with Crippen LogP contribution >= 0.6 is 11.6 Å². The molecule has 0 bridgehead atoms. The van der Waals surface area contributed by atoms with Gasteiger partial charge in [0.2, 0.25) is 0 Å². The Morgan fingerprint density at radius 1 is 1.28 bits per heavy atom. The van der Waals surface area contributed by atoms with Gasteiger partial charge in [0.25, 0.3) is 0 Å². The Morgan fingerprint density at radius 3 is 2.39 bits per heavy atom. The zero-order valence-corrected chi connectivity index (χ0v) is 11.8. The van der Waals surface area contributed by atoms with E-state index in [1.807, 2.05) is 12.1 Å². The molecule has 0 amide bonds. The van der Waals surface area contributed by atoms with Crippen molar-refractivity contribution in [1.29, 1.82) is 5.26 Å². The first-order chi connectivity index (χ1) is 8.52. The third-order valence-corrected chi connectivity index (χ3v) is 4.08. The summed E-state index contributed by atoms with van der Waals surface area (Å²) in [6, 6.07) is 8.63. The molecule has 4 heteroatoms. The molecule has 1 heterocycles. The van der Waals surface area contributed by atoms with E-state index >= 15 is 0 Å². The van der Waals surface area contributed by atoms with Gasteiger partial charge in [-0.05, 0) is 39.1 Å². The zero-order chi connectivity index (χ0) is 13.3. The number of nitrogens with zero attached hydrogens (tertiary/aromatic N) is 3. The van der Waals surface area contributed by atoms with Crippen LogP contribution in [-0.4, -0.2) is 37.1 Å². The van der Waals surface area contributed by atoms with Crippen molar-refractivity contribution in [2.45, 2.75) is 25.9 Å². The number of nitriles is 1. The fourth-order valence-corrected chi connectivity index (χ4v) is 2.73. The fourth-order valence-electron chi connectivity index (χ4n) is 2.43. The van der Waals surface area contributed by atoms with Crippen LogP contribution in [0, 0.1) is 11.3 Å². The summed E-state index contributed by atoms with van der Waals surface area (Å²) < 4.78 is 0. The lowest BCUT2D eigenvalue weighted by Crippen LogP contribution is -2.55. The molecule has 18 heavy (non-hydrogen) atoms. The summed E-state index contributed by atoms with van der Waals surface area (Å²) in [6.07, 6.45) is 0. The number of likely N-dealkylation sites (N-methyl/N-ethyl adjacent to an activating group) is 1. The SMILES string of the molecule is CC1CN(c2ccc(C#N)cc2Cl)CC(C)N1C. The maximum absolute atomic E-state index is 8.85. The molecule has 2 atom stereocenters. The van der Waals surface area contributed by atoms with Gasteiger partial charge in [-0.2, -0.15) is 5.26 Å². The Bertz CT molecular complexity index is 468. The van der Waals surface area contributed by atoms with Crippen LogP contribution in [0.5, 0.6) is 0 Å². The van der Waals surface area contributed by atoms with Crippen molar-refractivity contribution in [3.63, 3.8) is 0 Å². The van der Waals surface area contributed by atoms with Crippen LogP contribution in [0.15, 0.2) is 18.2 Å². The summed E-state index contributed by atoms with van der Waals surface area (Å²) >= 11 is 6.27. The second-order valence-corrected chi connectivity index (χ2v) is 5.45. The van der Waals surface area contributed by atoms with E-state index in [-0.39, 0.29) is 0 Å². The predicted molar refractivity (Wildman–Crippen MR) is 75.1 cm³/mol. The monoisotopic (exact) mass is 263 g/mol. The number of rotatable bonds is 1. The maximum atomic E-state index is 8.85. The van der Waals surface area contributed by atoms with Crippen LogP contribution in [0.1, 0.15) is 19.4 Å². The average Bonchev–Trinajstić information content (AvgIpc) is 2.35. The maximum Gasteiger partial charge on any atom is 0.0992 e. The number of halogens is 1. The van der Waals surface area contributed by atoms with E-state index in [0.29, 0.717) is 22.7 Å². The van der Waals surface area contributed by atoms with Gasteiger partial charge >= 0.3 is 0 Å². The Hall–Kier alpha value is -1.24. The lowest BCUT2D eigenvalue weighted by atomic mass is 10.1. The molecular weight excluding hydrogens is 246 g/mol. The van der Waals surface area contributed by atoms with Gasteiger partial charge in [-0.1, -0.05) is 11.6 Å². The van der Waals surface area contributed by atoms with Crippen LogP contribution in [0.25, 0.3) is 0 Å². The van der Waals surface area contributed by atoms with Crippen LogP contribution in [0.3, 0.4) is 0 Å². The minimum Gasteiger partial charge on any atom is -0.367 e. The van der Waals surface area contributed by atoms with Gasteiger partial charge < -0.3 is 4.90 Å². The topological polar surface area (TPSA) is 30.3 Å². The van der Waals surface area contributed by atoms with E-state index in [1.54, 1.807) is 6.07 Å². The smallest absolute Gasteiger partial charge is 0.0992 e. The largest absolute Gasteiger partial charge is 0.367 e. The highest BCUT2D eigenvalue weighted by molar-refractivity contribution is 6.33. The van der Waals surface area contributed by atoms with Gasteiger partial charge in [0.1, 0.15) is 0 Å². The average molecular weight is 264 g/mol. The van der Waals surface area contributed by atoms with Crippen LogP contribution < -0.4 is 4.90 Å². The van der Waals surface area contributed by atoms with E-state index in [1.165, 1.54) is 0 Å². The molecule has 3 nitrogen and oxygen atoms in total. The summed E-state index contributed by atoms with van der Waals surface area (Å²) in [5.41, 5.74) is 1.64. The number of benzene rings is 1. The molecule has 0 spiro atoms. The van der Waals surface area contributed by atoms with Gasteiger partial charge in [0, 0.05) is 25.2 Å². The van der Waals surface area contributed by atoms with Crippen molar-refractivity contribution in [3.8, 4) is 6.07 Å². The quantitative estimate of drug-likeness (QED) is 0.781. The van der Waals surface area contributed by atoms with Crippen molar-refractivity contribution in [2.24, 2.45) is 0 Å². The first-order valence-electron chi connectivity index (χ1n) is 6.19. The van der Waals surface area contributed by atoms with Crippen molar-refractivity contribution < 1.29 is 0 Å². The van der Waals surface area contributed by atoms with Gasteiger partial charge in [-0.15, -0.1) is 0 Å². The van der Waals surface area contributed by atoms with Gasteiger partial charge in [0.05, 0.1) is 22.3 Å². The molecule has 0 aromatic heterocycles. The molecule has 2 rings (SSSR count). The molecule has 96 valence electrons. The summed E-state index contributed by atoms with van der Waals surface area (Å²) in [7, 11) is 2.16. The van der Waals surface area contributed by atoms with Crippen molar-refractivity contribution in [1.82, 2.24) is 4.90 Å². The first-order valence-corrected chi connectivity index (χ1v) is 6.57. The summed E-state index contributed by atoms with van der Waals surface area (Å²) in [4.78, 5) is 4.69. The van der Waals surface area contributed by atoms with Crippen molar-refractivity contribution in [3.05, 3.63) is 28.8 Å². The Labute approximate surface area is 114 Å². The van der Waals surface area contributed by atoms with Gasteiger partial charge in [-0.25, -0.2) is 0 Å². The number of piperazine rings is 1. The molecule has 1 fully saturated rings. The molecule has 2 unspecified atom stereocenters. The molecule has 1 aliphatic heterocycles. The normalized spacial score (nSPS) is 24.9. The molecular formula is C14H18ClN3. The molecule has 0 saturated carbocycles. The summed E-state index contributed by atoms with van der Waals surface area (Å²) in [5.74, 6) is 0.